The Labute approximate surface area is 118 Å². The maximum atomic E-state index is 12.1. The molecule has 2 aliphatic heterocycles. The summed E-state index contributed by atoms with van der Waals surface area (Å²) in [7, 11) is 0. The molecule has 2 aliphatic rings. The molecule has 0 bridgehead atoms. The van der Waals surface area contributed by atoms with Crippen molar-refractivity contribution in [3.05, 3.63) is 29.8 Å². The van der Waals surface area contributed by atoms with E-state index in [4.69, 9.17) is 9.47 Å². The van der Waals surface area contributed by atoms with Gasteiger partial charge in [0.15, 0.2) is 0 Å². The molecule has 2 heterocycles. The number of rotatable bonds is 3. The highest BCUT2D eigenvalue weighted by Crippen LogP contribution is 2.31. The van der Waals surface area contributed by atoms with Crippen molar-refractivity contribution >= 4 is 5.91 Å². The Morgan fingerprint density at radius 1 is 1.25 bits per heavy atom. The first-order valence-electron chi connectivity index (χ1n) is 7.15. The Kier molecular flexibility index (Phi) is 4.18. The third-order valence-corrected chi connectivity index (χ3v) is 3.82. The minimum absolute atomic E-state index is 0.150. The van der Waals surface area contributed by atoms with E-state index in [0.29, 0.717) is 39.5 Å². The van der Waals surface area contributed by atoms with Crippen LogP contribution in [0.15, 0.2) is 24.3 Å². The maximum Gasteiger partial charge on any atom is 0.236 e. The van der Waals surface area contributed by atoms with E-state index in [1.807, 2.05) is 23.1 Å². The van der Waals surface area contributed by atoms with Gasteiger partial charge in [-0.05, 0) is 6.07 Å². The molecule has 108 valence electrons. The Morgan fingerprint density at radius 2 is 2.05 bits per heavy atom. The SMILES string of the molecule is O=C(CNC1CCOc2ccccc21)N1CCOCC1. The van der Waals surface area contributed by atoms with Crippen molar-refractivity contribution < 1.29 is 14.3 Å². The summed E-state index contributed by atoms with van der Waals surface area (Å²) in [6.45, 7) is 3.76. The van der Waals surface area contributed by atoms with Crippen LogP contribution < -0.4 is 10.1 Å². The molecule has 1 atom stereocenters. The number of ether oxygens (including phenoxy) is 2. The molecule has 0 saturated carbocycles. The number of fused-ring (bicyclic) bond motifs is 1. The van der Waals surface area contributed by atoms with Gasteiger partial charge in [0, 0.05) is 31.1 Å². The summed E-state index contributed by atoms with van der Waals surface area (Å²) in [5.74, 6) is 1.08. The number of benzene rings is 1. The largest absolute Gasteiger partial charge is 0.493 e. The van der Waals surface area contributed by atoms with E-state index in [9.17, 15) is 4.79 Å². The molecule has 5 heteroatoms. The van der Waals surface area contributed by atoms with Gasteiger partial charge in [-0.3, -0.25) is 4.79 Å². The lowest BCUT2D eigenvalue weighted by molar-refractivity contribution is -0.134. The van der Waals surface area contributed by atoms with Gasteiger partial charge in [0.1, 0.15) is 5.75 Å². The first kappa shape index (κ1) is 13.4. The van der Waals surface area contributed by atoms with Crippen molar-refractivity contribution in [3.8, 4) is 5.75 Å². The average molecular weight is 276 g/mol. The second-order valence-corrected chi connectivity index (χ2v) is 5.10. The molecule has 20 heavy (non-hydrogen) atoms. The average Bonchev–Trinajstić information content (AvgIpc) is 2.53. The van der Waals surface area contributed by atoms with Crippen molar-refractivity contribution in [3.63, 3.8) is 0 Å². The summed E-state index contributed by atoms with van der Waals surface area (Å²) in [6, 6.07) is 8.22. The van der Waals surface area contributed by atoms with Crippen LogP contribution in [0.4, 0.5) is 0 Å². The zero-order valence-electron chi connectivity index (χ0n) is 11.5. The molecule has 1 fully saturated rings. The number of hydrogen-bond donors (Lipinski definition) is 1. The molecule has 0 aliphatic carbocycles. The molecular formula is C15H20N2O3. The highest BCUT2D eigenvalue weighted by Gasteiger charge is 2.23. The predicted octanol–water partition coefficient (Wildman–Crippen LogP) is 0.959. The van der Waals surface area contributed by atoms with Crippen molar-refractivity contribution in [2.45, 2.75) is 12.5 Å². The van der Waals surface area contributed by atoms with Crippen LogP contribution in [0.3, 0.4) is 0 Å². The maximum absolute atomic E-state index is 12.1. The molecule has 1 saturated heterocycles. The molecule has 1 amide bonds. The molecule has 0 spiro atoms. The number of nitrogens with zero attached hydrogens (tertiary/aromatic N) is 1. The van der Waals surface area contributed by atoms with E-state index in [1.165, 1.54) is 0 Å². The summed E-state index contributed by atoms with van der Waals surface area (Å²) in [4.78, 5) is 14.0. The Balaban J connectivity index is 1.57. The minimum Gasteiger partial charge on any atom is -0.493 e. The molecule has 1 unspecified atom stereocenters. The zero-order chi connectivity index (χ0) is 13.8. The van der Waals surface area contributed by atoms with Crippen LogP contribution in [0.5, 0.6) is 5.75 Å². The molecule has 0 radical (unpaired) electrons. The minimum atomic E-state index is 0.150. The third-order valence-electron chi connectivity index (χ3n) is 3.82. The molecule has 0 aromatic heterocycles. The van der Waals surface area contributed by atoms with Crippen LogP contribution in [0.2, 0.25) is 0 Å². The first-order chi connectivity index (χ1) is 9.84. The Hall–Kier alpha value is -1.59. The van der Waals surface area contributed by atoms with E-state index in [1.54, 1.807) is 0 Å². The lowest BCUT2D eigenvalue weighted by Crippen LogP contribution is -2.45. The fourth-order valence-electron chi connectivity index (χ4n) is 2.69. The lowest BCUT2D eigenvalue weighted by Gasteiger charge is -2.29. The van der Waals surface area contributed by atoms with Crippen molar-refractivity contribution in [1.29, 1.82) is 0 Å². The van der Waals surface area contributed by atoms with Gasteiger partial charge in [0.2, 0.25) is 5.91 Å². The van der Waals surface area contributed by atoms with Gasteiger partial charge in [0.25, 0.3) is 0 Å². The van der Waals surface area contributed by atoms with Gasteiger partial charge in [-0.1, -0.05) is 18.2 Å². The topological polar surface area (TPSA) is 50.8 Å². The van der Waals surface area contributed by atoms with Crippen LogP contribution in [0.25, 0.3) is 0 Å². The monoisotopic (exact) mass is 276 g/mol. The van der Waals surface area contributed by atoms with Gasteiger partial charge < -0.3 is 19.7 Å². The van der Waals surface area contributed by atoms with E-state index < -0.39 is 0 Å². The van der Waals surface area contributed by atoms with Crippen LogP contribution in [0, 0.1) is 0 Å². The number of nitrogens with one attached hydrogen (secondary N) is 1. The lowest BCUT2D eigenvalue weighted by atomic mass is 10.0. The van der Waals surface area contributed by atoms with E-state index in [2.05, 4.69) is 11.4 Å². The van der Waals surface area contributed by atoms with Gasteiger partial charge in [-0.25, -0.2) is 0 Å². The van der Waals surface area contributed by atoms with Crippen LogP contribution in [0.1, 0.15) is 18.0 Å². The smallest absolute Gasteiger partial charge is 0.236 e. The third kappa shape index (κ3) is 2.94. The second-order valence-electron chi connectivity index (χ2n) is 5.10. The molecule has 5 nitrogen and oxygen atoms in total. The summed E-state index contributed by atoms with van der Waals surface area (Å²) < 4.78 is 10.9. The standard InChI is InChI=1S/C15H20N2O3/c18-15(17-6-9-19-10-7-17)11-16-13-5-8-20-14-4-2-1-3-12(13)14/h1-4,13,16H,5-11H2. The highest BCUT2D eigenvalue weighted by atomic mass is 16.5. The summed E-state index contributed by atoms with van der Waals surface area (Å²) in [5, 5.41) is 3.36. The van der Waals surface area contributed by atoms with E-state index in [0.717, 1.165) is 17.7 Å². The Bertz CT molecular complexity index is 472. The normalized spacial score (nSPS) is 22.0. The fourth-order valence-corrected chi connectivity index (χ4v) is 2.69. The number of amides is 1. The van der Waals surface area contributed by atoms with Crippen LogP contribution >= 0.6 is 0 Å². The highest BCUT2D eigenvalue weighted by molar-refractivity contribution is 5.78. The van der Waals surface area contributed by atoms with Gasteiger partial charge in [-0.2, -0.15) is 0 Å². The summed E-state index contributed by atoms with van der Waals surface area (Å²) in [6.07, 6.45) is 0.896. The van der Waals surface area contributed by atoms with E-state index in [-0.39, 0.29) is 11.9 Å². The van der Waals surface area contributed by atoms with Crippen molar-refractivity contribution in [1.82, 2.24) is 10.2 Å². The molecular weight excluding hydrogens is 256 g/mol. The van der Waals surface area contributed by atoms with Gasteiger partial charge >= 0.3 is 0 Å². The number of hydrogen-bond acceptors (Lipinski definition) is 4. The quantitative estimate of drug-likeness (QED) is 0.893. The number of para-hydroxylation sites is 1. The van der Waals surface area contributed by atoms with Crippen LogP contribution in [-0.2, 0) is 9.53 Å². The van der Waals surface area contributed by atoms with Crippen LogP contribution in [-0.4, -0.2) is 50.3 Å². The van der Waals surface area contributed by atoms with Gasteiger partial charge in [-0.15, -0.1) is 0 Å². The number of morpholine rings is 1. The van der Waals surface area contributed by atoms with Gasteiger partial charge in [0.05, 0.1) is 26.4 Å². The molecule has 1 aromatic carbocycles. The Morgan fingerprint density at radius 3 is 2.90 bits per heavy atom. The summed E-state index contributed by atoms with van der Waals surface area (Å²) in [5.41, 5.74) is 1.15. The first-order valence-corrected chi connectivity index (χ1v) is 7.15. The molecule has 3 rings (SSSR count). The zero-order valence-corrected chi connectivity index (χ0v) is 11.5. The van der Waals surface area contributed by atoms with Crippen molar-refractivity contribution in [2.24, 2.45) is 0 Å². The van der Waals surface area contributed by atoms with E-state index >= 15 is 0 Å². The summed E-state index contributed by atoms with van der Waals surface area (Å²) >= 11 is 0. The van der Waals surface area contributed by atoms with Crippen molar-refractivity contribution in [2.75, 3.05) is 39.5 Å². The fraction of sp³-hybridized carbons (Fsp3) is 0.533. The molecule has 1 N–H and O–H groups in total. The predicted molar refractivity (Wildman–Crippen MR) is 74.7 cm³/mol. The number of carbonyl (C=O) groups is 1. The number of carbonyl (C=O) groups excluding carboxylic acids is 1. The molecule has 1 aromatic rings. The second kappa shape index (κ2) is 6.24.